The van der Waals surface area contributed by atoms with E-state index < -0.39 is 0 Å². The van der Waals surface area contributed by atoms with Gasteiger partial charge in [-0.1, -0.05) is 37.0 Å². The van der Waals surface area contributed by atoms with Gasteiger partial charge in [0.2, 0.25) is 0 Å². The van der Waals surface area contributed by atoms with Crippen molar-refractivity contribution < 1.29 is 14.7 Å². The molecule has 0 radical (unpaired) electrons. The first-order valence-electron chi connectivity index (χ1n) is 9.07. The van der Waals surface area contributed by atoms with Gasteiger partial charge in [-0.2, -0.15) is 0 Å². The summed E-state index contributed by atoms with van der Waals surface area (Å²) >= 11 is 0. The normalized spacial score (nSPS) is 11.2. The lowest BCUT2D eigenvalue weighted by Gasteiger charge is -2.09. The fourth-order valence-electron chi connectivity index (χ4n) is 2.84. The third-order valence-electron chi connectivity index (χ3n) is 4.05. The summed E-state index contributed by atoms with van der Waals surface area (Å²) in [6.45, 7) is 3.85. The fourth-order valence-corrected chi connectivity index (χ4v) is 2.84. The number of ketones is 1. The quantitative estimate of drug-likeness (QED) is 0.743. The van der Waals surface area contributed by atoms with Crippen molar-refractivity contribution in [2.24, 2.45) is 5.92 Å². The van der Waals surface area contributed by atoms with E-state index >= 15 is 0 Å². The number of carbonyl (C=O) groups is 2. The van der Waals surface area contributed by atoms with Crippen LogP contribution in [0, 0.1) is 17.8 Å². The van der Waals surface area contributed by atoms with Gasteiger partial charge in [0.15, 0.2) is 0 Å². The molecule has 0 aliphatic heterocycles. The fraction of sp³-hybridized carbons (Fsp3) is 0.304. The highest BCUT2D eigenvalue weighted by atomic mass is 16.3. The van der Waals surface area contributed by atoms with Gasteiger partial charge in [-0.3, -0.25) is 4.79 Å². The Morgan fingerprint density at radius 3 is 2.44 bits per heavy atom. The van der Waals surface area contributed by atoms with E-state index in [1.807, 2.05) is 30.3 Å². The minimum atomic E-state index is -0.225. The smallest absolute Gasteiger partial charge is 0.251 e. The predicted octanol–water partition coefficient (Wildman–Crippen LogP) is 2.97. The molecule has 1 unspecified atom stereocenters. The maximum atomic E-state index is 11.9. The molecule has 4 heteroatoms. The molecule has 0 bridgehead atoms. The van der Waals surface area contributed by atoms with Crippen molar-refractivity contribution in [2.75, 3.05) is 13.2 Å². The summed E-state index contributed by atoms with van der Waals surface area (Å²) < 4.78 is 0. The highest BCUT2D eigenvalue weighted by molar-refractivity contribution is 5.94. The van der Waals surface area contributed by atoms with Crippen LogP contribution in [0.25, 0.3) is 0 Å². The number of nitrogens with one attached hydrogen (secondary N) is 1. The molecular formula is C23H25NO3. The van der Waals surface area contributed by atoms with Gasteiger partial charge in [-0.05, 0) is 55.2 Å². The SMILES string of the molecule is CC(=O)CC(C)Cc1ccc(C#Cc2cccc(C(=O)NCCO)c2)cc1. The third kappa shape index (κ3) is 7.08. The number of amides is 1. The van der Waals surface area contributed by atoms with Gasteiger partial charge in [0.25, 0.3) is 5.91 Å². The molecule has 2 aromatic rings. The molecule has 2 rings (SSSR count). The van der Waals surface area contributed by atoms with Gasteiger partial charge in [0, 0.05) is 29.7 Å². The molecule has 0 spiro atoms. The Hall–Kier alpha value is -2.90. The van der Waals surface area contributed by atoms with E-state index in [9.17, 15) is 9.59 Å². The summed E-state index contributed by atoms with van der Waals surface area (Å²) in [6.07, 6.45) is 1.47. The van der Waals surface area contributed by atoms with Gasteiger partial charge in [-0.25, -0.2) is 0 Å². The molecule has 0 fully saturated rings. The zero-order chi connectivity index (χ0) is 19.6. The second kappa shape index (κ2) is 10.3. The molecule has 2 aromatic carbocycles. The molecular weight excluding hydrogens is 338 g/mol. The Morgan fingerprint density at radius 2 is 1.78 bits per heavy atom. The molecule has 2 N–H and O–H groups in total. The van der Waals surface area contributed by atoms with Gasteiger partial charge >= 0.3 is 0 Å². The van der Waals surface area contributed by atoms with Crippen LogP contribution >= 0.6 is 0 Å². The van der Waals surface area contributed by atoms with E-state index in [0.717, 1.165) is 17.5 Å². The molecule has 0 aromatic heterocycles. The van der Waals surface area contributed by atoms with Crippen molar-refractivity contribution in [3.05, 3.63) is 70.8 Å². The van der Waals surface area contributed by atoms with Crippen LogP contribution in [0.5, 0.6) is 0 Å². The molecule has 0 saturated heterocycles. The zero-order valence-corrected chi connectivity index (χ0v) is 15.8. The second-order valence-corrected chi connectivity index (χ2v) is 6.72. The monoisotopic (exact) mass is 363 g/mol. The lowest BCUT2D eigenvalue weighted by Crippen LogP contribution is -2.26. The van der Waals surface area contributed by atoms with Crippen LogP contribution in [0.4, 0.5) is 0 Å². The van der Waals surface area contributed by atoms with Crippen molar-refractivity contribution in [1.82, 2.24) is 5.32 Å². The second-order valence-electron chi connectivity index (χ2n) is 6.72. The van der Waals surface area contributed by atoms with E-state index in [4.69, 9.17) is 5.11 Å². The van der Waals surface area contributed by atoms with Gasteiger partial charge in [0.05, 0.1) is 6.61 Å². The number of hydrogen-bond donors (Lipinski definition) is 2. The van der Waals surface area contributed by atoms with E-state index in [1.165, 1.54) is 5.56 Å². The van der Waals surface area contributed by atoms with Crippen molar-refractivity contribution >= 4 is 11.7 Å². The van der Waals surface area contributed by atoms with Crippen molar-refractivity contribution in [3.8, 4) is 11.8 Å². The molecule has 0 heterocycles. The van der Waals surface area contributed by atoms with Crippen molar-refractivity contribution in [3.63, 3.8) is 0 Å². The first-order valence-corrected chi connectivity index (χ1v) is 9.07. The summed E-state index contributed by atoms with van der Waals surface area (Å²) in [5.41, 5.74) is 3.36. The first kappa shape index (κ1) is 20.4. The number of hydrogen-bond acceptors (Lipinski definition) is 3. The maximum Gasteiger partial charge on any atom is 0.251 e. The van der Waals surface area contributed by atoms with Gasteiger partial charge in [0.1, 0.15) is 5.78 Å². The molecule has 0 aliphatic carbocycles. The van der Waals surface area contributed by atoms with Crippen LogP contribution in [0.2, 0.25) is 0 Å². The van der Waals surface area contributed by atoms with Crippen LogP contribution in [0.1, 0.15) is 47.3 Å². The number of aliphatic hydroxyl groups is 1. The van der Waals surface area contributed by atoms with Crippen LogP contribution in [-0.2, 0) is 11.2 Å². The van der Waals surface area contributed by atoms with E-state index in [0.29, 0.717) is 17.9 Å². The average Bonchev–Trinajstić information content (AvgIpc) is 2.65. The minimum Gasteiger partial charge on any atom is -0.395 e. The Balaban J connectivity index is 2.03. The molecule has 27 heavy (non-hydrogen) atoms. The number of Topliss-reactive ketones (excluding diaryl/α,β-unsaturated/α-hetero) is 1. The Morgan fingerprint density at radius 1 is 1.07 bits per heavy atom. The summed E-state index contributed by atoms with van der Waals surface area (Å²) in [4.78, 5) is 23.1. The Kier molecular flexibility index (Phi) is 7.79. The van der Waals surface area contributed by atoms with Crippen molar-refractivity contribution in [2.45, 2.75) is 26.7 Å². The number of aliphatic hydroxyl groups excluding tert-OH is 1. The molecule has 0 aliphatic rings. The van der Waals surface area contributed by atoms with Crippen LogP contribution < -0.4 is 5.32 Å². The number of benzene rings is 2. The molecule has 4 nitrogen and oxygen atoms in total. The van der Waals surface area contributed by atoms with Crippen molar-refractivity contribution in [1.29, 1.82) is 0 Å². The lowest BCUT2D eigenvalue weighted by atomic mass is 9.96. The highest BCUT2D eigenvalue weighted by Crippen LogP contribution is 2.13. The minimum absolute atomic E-state index is 0.0885. The topological polar surface area (TPSA) is 66.4 Å². The first-order chi connectivity index (χ1) is 13.0. The van der Waals surface area contributed by atoms with Gasteiger partial charge in [-0.15, -0.1) is 0 Å². The van der Waals surface area contributed by atoms with E-state index in [-0.39, 0.29) is 24.8 Å². The molecule has 1 amide bonds. The highest BCUT2D eigenvalue weighted by Gasteiger charge is 2.06. The van der Waals surface area contributed by atoms with Crippen LogP contribution in [0.15, 0.2) is 48.5 Å². The van der Waals surface area contributed by atoms with Crippen LogP contribution in [-0.4, -0.2) is 29.9 Å². The Bertz CT molecular complexity index is 844. The molecule has 140 valence electrons. The number of rotatable bonds is 7. The number of carbonyl (C=O) groups excluding carboxylic acids is 2. The molecule has 1 atom stereocenters. The predicted molar refractivity (Wildman–Crippen MR) is 106 cm³/mol. The lowest BCUT2D eigenvalue weighted by molar-refractivity contribution is -0.117. The third-order valence-corrected chi connectivity index (χ3v) is 4.05. The van der Waals surface area contributed by atoms with Gasteiger partial charge < -0.3 is 15.2 Å². The molecule has 0 saturated carbocycles. The summed E-state index contributed by atoms with van der Waals surface area (Å²) in [6, 6.07) is 15.1. The van der Waals surface area contributed by atoms with E-state index in [2.05, 4.69) is 24.1 Å². The summed E-state index contributed by atoms with van der Waals surface area (Å²) in [5.74, 6) is 6.51. The Labute approximate surface area is 160 Å². The van der Waals surface area contributed by atoms with Crippen LogP contribution in [0.3, 0.4) is 0 Å². The summed E-state index contributed by atoms with van der Waals surface area (Å²) in [5, 5.41) is 11.4. The zero-order valence-electron chi connectivity index (χ0n) is 15.8. The summed E-state index contributed by atoms with van der Waals surface area (Å²) in [7, 11) is 0. The maximum absolute atomic E-state index is 11.9. The van der Waals surface area contributed by atoms with E-state index in [1.54, 1.807) is 25.1 Å². The standard InChI is InChI=1S/C23H25NO3/c1-17(14-18(2)26)15-21-10-7-19(8-11-21)6-9-20-4-3-5-22(16-20)23(27)24-12-13-25/h3-5,7-8,10-11,16-17,25H,12-15H2,1-2H3,(H,24,27). The average molecular weight is 363 g/mol. The largest absolute Gasteiger partial charge is 0.395 e.